The molecule has 0 radical (unpaired) electrons. The lowest BCUT2D eigenvalue weighted by molar-refractivity contribution is 0.689. The van der Waals surface area contributed by atoms with Crippen molar-refractivity contribution in [3.05, 3.63) is 41.9 Å². The van der Waals surface area contributed by atoms with E-state index in [0.717, 1.165) is 12.1 Å². The first-order chi connectivity index (χ1) is 6.75. The lowest BCUT2D eigenvalue weighted by Gasteiger charge is -1.99. The maximum atomic E-state index is 5.65. The third-order valence-corrected chi connectivity index (χ3v) is 2.08. The molecule has 0 amide bonds. The quantitative estimate of drug-likeness (QED) is 0.770. The zero-order chi connectivity index (χ0) is 9.97. The number of nitrogens with two attached hydrogens (primary N) is 1. The third kappa shape index (κ3) is 1.74. The van der Waals surface area contributed by atoms with Crippen molar-refractivity contribution >= 4 is 5.82 Å². The largest absolute Gasteiger partial charge is 0.382 e. The van der Waals surface area contributed by atoms with Crippen LogP contribution in [0.4, 0.5) is 5.82 Å². The molecule has 72 valence electrons. The molecule has 2 N–H and O–H groups in total. The molecule has 2 aromatic rings. The lowest BCUT2D eigenvalue weighted by atomic mass is 10.3. The average Bonchev–Trinajstić information content (AvgIpc) is 2.47. The highest BCUT2D eigenvalue weighted by Crippen LogP contribution is 2.08. The second-order valence-electron chi connectivity index (χ2n) is 3.25. The minimum atomic E-state index is 0.596. The predicted molar refractivity (Wildman–Crippen MR) is 54.7 cm³/mol. The van der Waals surface area contributed by atoms with E-state index in [1.54, 1.807) is 12.4 Å². The molecule has 4 heteroatoms. The molecule has 0 aliphatic rings. The van der Waals surface area contributed by atoms with Gasteiger partial charge in [-0.05, 0) is 24.6 Å². The van der Waals surface area contributed by atoms with E-state index in [0.29, 0.717) is 5.82 Å². The molecule has 4 nitrogen and oxygen atoms in total. The molecule has 0 atom stereocenters. The zero-order valence-corrected chi connectivity index (χ0v) is 8.01. The molecule has 2 rings (SSSR count). The smallest absolute Gasteiger partial charge is 0.148 e. The van der Waals surface area contributed by atoms with Crippen LogP contribution < -0.4 is 5.73 Å². The Morgan fingerprint density at radius 1 is 1.36 bits per heavy atom. The van der Waals surface area contributed by atoms with Crippen molar-refractivity contribution in [3.63, 3.8) is 0 Å². The SMILES string of the molecule is Cc1cn(Cc2ccncc2)nc1N. The number of rotatable bonds is 2. The Morgan fingerprint density at radius 3 is 2.64 bits per heavy atom. The fourth-order valence-electron chi connectivity index (χ4n) is 1.29. The van der Waals surface area contributed by atoms with Crippen molar-refractivity contribution in [2.75, 3.05) is 5.73 Å². The van der Waals surface area contributed by atoms with E-state index in [1.165, 1.54) is 5.56 Å². The minimum Gasteiger partial charge on any atom is -0.382 e. The molecule has 0 aliphatic heterocycles. The van der Waals surface area contributed by atoms with Gasteiger partial charge in [0.05, 0.1) is 6.54 Å². The van der Waals surface area contributed by atoms with Crippen LogP contribution in [0.5, 0.6) is 0 Å². The molecular weight excluding hydrogens is 176 g/mol. The number of nitrogens with zero attached hydrogens (tertiary/aromatic N) is 3. The van der Waals surface area contributed by atoms with Gasteiger partial charge in [0.2, 0.25) is 0 Å². The van der Waals surface area contributed by atoms with Gasteiger partial charge >= 0.3 is 0 Å². The molecule has 14 heavy (non-hydrogen) atoms. The van der Waals surface area contributed by atoms with Gasteiger partial charge in [-0.3, -0.25) is 9.67 Å². The standard InChI is InChI=1S/C10H12N4/c1-8-6-14(13-10(8)11)7-9-2-4-12-5-3-9/h2-6H,7H2,1H3,(H2,11,13). The molecule has 2 heterocycles. The van der Waals surface area contributed by atoms with Gasteiger partial charge in [-0.25, -0.2) is 0 Å². The van der Waals surface area contributed by atoms with Crippen LogP contribution >= 0.6 is 0 Å². The van der Waals surface area contributed by atoms with Gasteiger partial charge in [-0.15, -0.1) is 0 Å². The van der Waals surface area contributed by atoms with E-state index >= 15 is 0 Å². The normalized spacial score (nSPS) is 10.4. The number of hydrogen-bond donors (Lipinski definition) is 1. The Hall–Kier alpha value is -1.84. The van der Waals surface area contributed by atoms with E-state index in [1.807, 2.05) is 29.9 Å². The van der Waals surface area contributed by atoms with E-state index in [-0.39, 0.29) is 0 Å². The van der Waals surface area contributed by atoms with Gasteiger partial charge in [0.1, 0.15) is 5.82 Å². The van der Waals surface area contributed by atoms with Crippen molar-refractivity contribution in [1.82, 2.24) is 14.8 Å². The molecule has 0 spiro atoms. The molecule has 0 saturated heterocycles. The summed E-state index contributed by atoms with van der Waals surface area (Å²) >= 11 is 0. The molecule has 0 bridgehead atoms. The van der Waals surface area contributed by atoms with Crippen LogP contribution in [-0.4, -0.2) is 14.8 Å². The fourth-order valence-corrected chi connectivity index (χ4v) is 1.29. The van der Waals surface area contributed by atoms with Gasteiger partial charge in [0.15, 0.2) is 0 Å². The first-order valence-electron chi connectivity index (χ1n) is 4.44. The molecule has 0 fully saturated rings. The van der Waals surface area contributed by atoms with Crippen molar-refractivity contribution in [2.24, 2.45) is 0 Å². The van der Waals surface area contributed by atoms with Crippen molar-refractivity contribution in [3.8, 4) is 0 Å². The maximum Gasteiger partial charge on any atom is 0.148 e. The Labute approximate surface area is 82.4 Å². The molecular formula is C10H12N4. The lowest BCUT2D eigenvalue weighted by Crippen LogP contribution is -2.00. The fraction of sp³-hybridized carbons (Fsp3) is 0.200. The van der Waals surface area contributed by atoms with E-state index in [4.69, 9.17) is 5.73 Å². The minimum absolute atomic E-state index is 0.596. The van der Waals surface area contributed by atoms with Crippen LogP contribution in [0.1, 0.15) is 11.1 Å². The van der Waals surface area contributed by atoms with Crippen molar-refractivity contribution in [1.29, 1.82) is 0 Å². The summed E-state index contributed by atoms with van der Waals surface area (Å²) in [6.07, 6.45) is 5.49. The highest BCUT2D eigenvalue weighted by Gasteiger charge is 2.00. The summed E-state index contributed by atoms with van der Waals surface area (Å²) in [5.74, 6) is 0.596. The summed E-state index contributed by atoms with van der Waals surface area (Å²) in [5, 5.41) is 4.18. The summed E-state index contributed by atoms with van der Waals surface area (Å²) < 4.78 is 1.83. The molecule has 2 aromatic heterocycles. The molecule has 0 saturated carbocycles. The zero-order valence-electron chi connectivity index (χ0n) is 8.01. The van der Waals surface area contributed by atoms with Crippen LogP contribution in [0, 0.1) is 6.92 Å². The van der Waals surface area contributed by atoms with E-state index in [9.17, 15) is 0 Å². The summed E-state index contributed by atoms with van der Waals surface area (Å²) in [4.78, 5) is 3.96. The van der Waals surface area contributed by atoms with Gasteiger partial charge in [-0.1, -0.05) is 0 Å². The van der Waals surface area contributed by atoms with Crippen LogP contribution in [0.3, 0.4) is 0 Å². The summed E-state index contributed by atoms with van der Waals surface area (Å²) in [5.41, 5.74) is 7.83. The first kappa shape index (κ1) is 8.74. The Bertz CT molecular complexity index is 399. The van der Waals surface area contributed by atoms with Crippen LogP contribution in [0.15, 0.2) is 30.7 Å². The van der Waals surface area contributed by atoms with Crippen LogP contribution in [0.2, 0.25) is 0 Å². The molecule has 0 aliphatic carbocycles. The molecule has 0 unspecified atom stereocenters. The predicted octanol–water partition coefficient (Wildman–Crippen LogP) is 1.22. The van der Waals surface area contributed by atoms with E-state index in [2.05, 4.69) is 10.1 Å². The van der Waals surface area contributed by atoms with Crippen molar-refractivity contribution in [2.45, 2.75) is 13.5 Å². The highest BCUT2D eigenvalue weighted by molar-refractivity contribution is 5.35. The first-order valence-corrected chi connectivity index (χ1v) is 4.44. The number of nitrogen functional groups attached to an aromatic ring is 1. The van der Waals surface area contributed by atoms with E-state index < -0.39 is 0 Å². The Kier molecular flexibility index (Phi) is 2.18. The van der Waals surface area contributed by atoms with Crippen LogP contribution in [0.25, 0.3) is 0 Å². The molecule has 0 aromatic carbocycles. The van der Waals surface area contributed by atoms with Crippen molar-refractivity contribution < 1.29 is 0 Å². The number of hydrogen-bond acceptors (Lipinski definition) is 3. The second kappa shape index (κ2) is 3.49. The highest BCUT2D eigenvalue weighted by atomic mass is 15.3. The monoisotopic (exact) mass is 188 g/mol. The summed E-state index contributed by atoms with van der Waals surface area (Å²) in [6, 6.07) is 3.93. The topological polar surface area (TPSA) is 56.7 Å². The third-order valence-electron chi connectivity index (χ3n) is 2.08. The number of anilines is 1. The number of aromatic nitrogens is 3. The summed E-state index contributed by atoms with van der Waals surface area (Å²) in [7, 11) is 0. The average molecular weight is 188 g/mol. The van der Waals surface area contributed by atoms with Gasteiger partial charge in [0, 0.05) is 24.2 Å². The maximum absolute atomic E-state index is 5.65. The number of pyridine rings is 1. The van der Waals surface area contributed by atoms with Crippen LogP contribution in [-0.2, 0) is 6.54 Å². The second-order valence-corrected chi connectivity index (χ2v) is 3.25. The van der Waals surface area contributed by atoms with Gasteiger partial charge < -0.3 is 5.73 Å². The Morgan fingerprint density at radius 2 is 2.07 bits per heavy atom. The summed E-state index contributed by atoms with van der Waals surface area (Å²) in [6.45, 7) is 2.69. The van der Waals surface area contributed by atoms with Gasteiger partial charge in [-0.2, -0.15) is 5.10 Å². The number of aryl methyl sites for hydroxylation is 1. The Balaban J connectivity index is 2.19. The van der Waals surface area contributed by atoms with Gasteiger partial charge in [0.25, 0.3) is 0 Å².